The van der Waals surface area contributed by atoms with E-state index in [4.69, 9.17) is 0 Å². The maximum absolute atomic E-state index is 14.1. The molecular weight excluding hydrogens is 428 g/mol. The molecule has 3 amide bonds. The molecule has 1 N–H and O–H groups in total. The molecule has 0 saturated carbocycles. The highest BCUT2D eigenvalue weighted by atomic mass is 16.2. The van der Waals surface area contributed by atoms with Crippen LogP contribution in [0.25, 0.3) is 0 Å². The maximum Gasteiger partial charge on any atom is 0.249 e. The number of nitrogens with zero attached hydrogens (tertiary/aromatic N) is 3. The third kappa shape index (κ3) is 4.56. The predicted molar refractivity (Wildman–Crippen MR) is 130 cm³/mol. The second kappa shape index (κ2) is 9.57. The van der Waals surface area contributed by atoms with Crippen molar-refractivity contribution in [2.75, 3.05) is 14.1 Å². The minimum absolute atomic E-state index is 0.0393. The molecule has 3 atom stereocenters. The number of pyridine rings is 1. The first-order valence-corrected chi connectivity index (χ1v) is 12.0. The number of rotatable bonds is 6. The first-order chi connectivity index (χ1) is 16.2. The Labute approximate surface area is 201 Å². The van der Waals surface area contributed by atoms with Crippen molar-refractivity contribution in [3.8, 4) is 0 Å². The van der Waals surface area contributed by atoms with Crippen LogP contribution in [-0.4, -0.2) is 58.7 Å². The van der Waals surface area contributed by atoms with Gasteiger partial charge in [0, 0.05) is 31.5 Å². The summed E-state index contributed by atoms with van der Waals surface area (Å²) in [5.41, 5.74) is 3.88. The van der Waals surface area contributed by atoms with Crippen molar-refractivity contribution in [2.24, 2.45) is 11.8 Å². The van der Waals surface area contributed by atoms with E-state index in [0.717, 1.165) is 18.5 Å². The number of hydrogen-bond acceptors (Lipinski definition) is 4. The summed E-state index contributed by atoms with van der Waals surface area (Å²) >= 11 is 0. The van der Waals surface area contributed by atoms with E-state index in [1.165, 1.54) is 16.0 Å². The van der Waals surface area contributed by atoms with Crippen LogP contribution in [0.2, 0.25) is 0 Å². The summed E-state index contributed by atoms with van der Waals surface area (Å²) in [6, 6.07) is 9.55. The molecule has 2 aromatic rings. The topological polar surface area (TPSA) is 82.6 Å². The molecule has 1 aliphatic heterocycles. The van der Waals surface area contributed by atoms with Crippen molar-refractivity contribution in [3.63, 3.8) is 0 Å². The fourth-order valence-corrected chi connectivity index (χ4v) is 5.18. The zero-order valence-corrected chi connectivity index (χ0v) is 20.6. The van der Waals surface area contributed by atoms with Crippen LogP contribution < -0.4 is 5.32 Å². The zero-order chi connectivity index (χ0) is 24.6. The summed E-state index contributed by atoms with van der Waals surface area (Å²) in [5, 5.41) is 3.04. The second-order valence-corrected chi connectivity index (χ2v) is 10.2. The van der Waals surface area contributed by atoms with Crippen molar-refractivity contribution in [1.29, 1.82) is 0 Å². The molecule has 7 nitrogen and oxygen atoms in total. The van der Waals surface area contributed by atoms with Gasteiger partial charge in [0.15, 0.2) is 0 Å². The van der Waals surface area contributed by atoms with E-state index in [-0.39, 0.29) is 29.6 Å². The van der Waals surface area contributed by atoms with Gasteiger partial charge >= 0.3 is 0 Å². The second-order valence-electron chi connectivity index (χ2n) is 10.2. The molecule has 0 radical (unpaired) electrons. The van der Waals surface area contributed by atoms with E-state index in [2.05, 4.69) is 22.4 Å². The van der Waals surface area contributed by atoms with Gasteiger partial charge in [-0.2, -0.15) is 0 Å². The summed E-state index contributed by atoms with van der Waals surface area (Å²) in [6.45, 7) is 5.92. The molecule has 1 aromatic carbocycles. The smallest absolute Gasteiger partial charge is 0.249 e. The number of fused-ring (bicyclic) bond motifs is 1. The van der Waals surface area contributed by atoms with Crippen LogP contribution in [0.1, 0.15) is 48.7 Å². The average molecular weight is 463 g/mol. The molecule has 1 aromatic heterocycles. The lowest BCUT2D eigenvalue weighted by Crippen LogP contribution is -2.67. The first-order valence-electron chi connectivity index (χ1n) is 12.0. The van der Waals surface area contributed by atoms with E-state index >= 15 is 0 Å². The number of nitrogens with one attached hydrogen (secondary N) is 1. The summed E-state index contributed by atoms with van der Waals surface area (Å²) in [4.78, 5) is 48.5. The van der Waals surface area contributed by atoms with Crippen LogP contribution in [0.3, 0.4) is 0 Å². The monoisotopic (exact) mass is 462 g/mol. The van der Waals surface area contributed by atoms with E-state index in [1.807, 2.05) is 45.0 Å². The largest absolute Gasteiger partial charge is 0.347 e. The molecule has 3 unspecified atom stereocenters. The van der Waals surface area contributed by atoms with Crippen molar-refractivity contribution >= 4 is 17.7 Å². The lowest BCUT2D eigenvalue weighted by atomic mass is 9.88. The molecule has 0 bridgehead atoms. The molecule has 4 rings (SSSR count). The Morgan fingerprint density at radius 2 is 1.76 bits per heavy atom. The Balaban J connectivity index is 1.75. The fraction of sp³-hybridized carbons (Fsp3) is 0.481. The zero-order valence-electron chi connectivity index (χ0n) is 20.6. The van der Waals surface area contributed by atoms with Gasteiger partial charge in [0.2, 0.25) is 17.7 Å². The molecule has 1 saturated heterocycles. The predicted octanol–water partition coefficient (Wildman–Crippen LogP) is 2.68. The van der Waals surface area contributed by atoms with E-state index in [9.17, 15) is 14.4 Å². The highest BCUT2D eigenvalue weighted by Gasteiger charge is 2.49. The minimum atomic E-state index is -0.906. The lowest BCUT2D eigenvalue weighted by Gasteiger charge is -2.45. The Hall–Kier alpha value is -3.22. The van der Waals surface area contributed by atoms with Gasteiger partial charge in [-0.05, 0) is 55.2 Å². The van der Waals surface area contributed by atoms with Crippen molar-refractivity contribution in [1.82, 2.24) is 20.1 Å². The number of piperazine rings is 1. The summed E-state index contributed by atoms with van der Waals surface area (Å²) < 4.78 is 0. The molecule has 2 heterocycles. The highest BCUT2D eigenvalue weighted by Crippen LogP contribution is 2.35. The van der Waals surface area contributed by atoms with Crippen LogP contribution in [0.4, 0.5) is 0 Å². The number of carbonyl (C=O) groups excluding carboxylic acids is 3. The Bertz CT molecular complexity index is 1050. The quantitative estimate of drug-likeness (QED) is 0.716. The summed E-state index contributed by atoms with van der Waals surface area (Å²) in [5.74, 6) is -0.488. The van der Waals surface area contributed by atoms with Crippen LogP contribution in [-0.2, 0) is 27.2 Å². The van der Waals surface area contributed by atoms with Gasteiger partial charge in [-0.1, -0.05) is 44.2 Å². The highest BCUT2D eigenvalue weighted by molar-refractivity contribution is 6.00. The first kappa shape index (κ1) is 23.9. The van der Waals surface area contributed by atoms with Crippen molar-refractivity contribution < 1.29 is 14.4 Å². The van der Waals surface area contributed by atoms with Crippen LogP contribution in [0.15, 0.2) is 42.6 Å². The molecule has 1 fully saturated rings. The molecule has 180 valence electrons. The number of aromatic nitrogens is 1. The molecule has 1 aliphatic carbocycles. The Morgan fingerprint density at radius 3 is 2.29 bits per heavy atom. The standard InChI is InChI=1S/C27H34N4O3/c1-16(2)12-22-25(32)29-23(21-13-18-8-6-7-9-19(18)14-21)26(33)31(22)24(27(34)30(4)5)20-11-10-17(3)28-15-20/h6-11,15-16,21-24H,12-14H2,1-5H3,(H,29,32). The molecule has 2 aliphatic rings. The van der Waals surface area contributed by atoms with Crippen LogP contribution in [0.5, 0.6) is 0 Å². The summed E-state index contributed by atoms with van der Waals surface area (Å²) in [7, 11) is 3.35. The third-order valence-corrected chi connectivity index (χ3v) is 6.91. The van der Waals surface area contributed by atoms with Gasteiger partial charge in [-0.15, -0.1) is 0 Å². The van der Waals surface area contributed by atoms with Crippen molar-refractivity contribution in [2.45, 2.75) is 58.2 Å². The average Bonchev–Trinajstić information content (AvgIpc) is 3.22. The lowest BCUT2D eigenvalue weighted by molar-refractivity contribution is -0.159. The number of likely N-dealkylation sites (N-methyl/N-ethyl adjacent to an activating group) is 1. The number of carbonyl (C=O) groups is 3. The molecular formula is C27H34N4O3. The number of benzene rings is 1. The fourth-order valence-electron chi connectivity index (χ4n) is 5.18. The third-order valence-electron chi connectivity index (χ3n) is 6.91. The van der Waals surface area contributed by atoms with Gasteiger partial charge in [0.05, 0.1) is 0 Å². The van der Waals surface area contributed by atoms with E-state index < -0.39 is 18.1 Å². The van der Waals surface area contributed by atoms with E-state index in [1.54, 1.807) is 25.2 Å². The number of hydrogen-bond donors (Lipinski definition) is 1. The number of aryl methyl sites for hydroxylation is 1. The SMILES string of the molecule is Cc1ccc(C(C(=O)N(C)C)N2C(=O)C(C3Cc4ccccc4C3)NC(=O)C2CC(C)C)cn1. The molecule has 0 spiro atoms. The van der Waals surface area contributed by atoms with Crippen LogP contribution >= 0.6 is 0 Å². The van der Waals surface area contributed by atoms with Crippen LogP contribution in [0, 0.1) is 18.8 Å². The summed E-state index contributed by atoms with van der Waals surface area (Å²) in [6.07, 6.45) is 3.58. The normalized spacial score (nSPS) is 21.4. The minimum Gasteiger partial charge on any atom is -0.347 e. The van der Waals surface area contributed by atoms with Crippen molar-refractivity contribution in [3.05, 3.63) is 65.0 Å². The maximum atomic E-state index is 14.1. The van der Waals surface area contributed by atoms with Gasteiger partial charge < -0.3 is 15.1 Å². The molecule has 34 heavy (non-hydrogen) atoms. The molecule has 7 heteroatoms. The Kier molecular flexibility index (Phi) is 6.73. The van der Waals surface area contributed by atoms with Gasteiger partial charge in [0.25, 0.3) is 0 Å². The Morgan fingerprint density at radius 1 is 1.12 bits per heavy atom. The van der Waals surface area contributed by atoms with Gasteiger partial charge in [-0.3, -0.25) is 19.4 Å². The van der Waals surface area contributed by atoms with Gasteiger partial charge in [-0.25, -0.2) is 0 Å². The van der Waals surface area contributed by atoms with Gasteiger partial charge in [0.1, 0.15) is 18.1 Å². The number of amides is 3. The van der Waals surface area contributed by atoms with E-state index in [0.29, 0.717) is 12.0 Å².